The molecule has 1 heterocycles. The molecule has 0 spiro atoms. The fourth-order valence-electron chi connectivity index (χ4n) is 2.79. The van der Waals surface area contributed by atoms with Crippen molar-refractivity contribution < 1.29 is 4.79 Å². The Morgan fingerprint density at radius 2 is 2.15 bits per heavy atom. The van der Waals surface area contributed by atoms with Gasteiger partial charge in [-0.3, -0.25) is 9.69 Å². The monoisotopic (exact) mass is 275 g/mol. The van der Waals surface area contributed by atoms with E-state index in [2.05, 4.69) is 24.1 Å². The smallest absolute Gasteiger partial charge is 0.241 e. The molecular formula is C16H25N3O. The van der Waals surface area contributed by atoms with Crippen molar-refractivity contribution in [1.29, 1.82) is 0 Å². The molecule has 1 aromatic carbocycles. The number of likely N-dealkylation sites (tertiary alicyclic amines) is 1. The van der Waals surface area contributed by atoms with Gasteiger partial charge >= 0.3 is 0 Å². The zero-order valence-electron chi connectivity index (χ0n) is 12.4. The van der Waals surface area contributed by atoms with Gasteiger partial charge in [0, 0.05) is 11.4 Å². The summed E-state index contributed by atoms with van der Waals surface area (Å²) < 4.78 is 0. The predicted octanol–water partition coefficient (Wildman–Crippen LogP) is 2.72. The maximum absolute atomic E-state index is 12.4. The van der Waals surface area contributed by atoms with E-state index in [0.717, 1.165) is 31.1 Å². The normalized spacial score (nSPS) is 18.7. The van der Waals surface area contributed by atoms with Crippen molar-refractivity contribution >= 4 is 17.3 Å². The third kappa shape index (κ3) is 3.73. The van der Waals surface area contributed by atoms with Crippen molar-refractivity contribution in [2.24, 2.45) is 5.92 Å². The van der Waals surface area contributed by atoms with E-state index in [9.17, 15) is 4.79 Å². The number of nitrogens with two attached hydrogens (primary N) is 1. The Kier molecular flexibility index (Phi) is 5.01. The maximum Gasteiger partial charge on any atom is 0.241 e. The summed E-state index contributed by atoms with van der Waals surface area (Å²) in [4.78, 5) is 14.7. The van der Waals surface area contributed by atoms with Gasteiger partial charge in [-0.25, -0.2) is 0 Å². The van der Waals surface area contributed by atoms with Crippen LogP contribution < -0.4 is 11.1 Å². The van der Waals surface area contributed by atoms with Crippen molar-refractivity contribution in [2.45, 2.75) is 39.2 Å². The first kappa shape index (κ1) is 14.9. The number of nitrogens with one attached hydrogen (secondary N) is 1. The van der Waals surface area contributed by atoms with Gasteiger partial charge in [-0.2, -0.15) is 0 Å². The molecule has 1 saturated heterocycles. The van der Waals surface area contributed by atoms with E-state index < -0.39 is 0 Å². The summed E-state index contributed by atoms with van der Waals surface area (Å²) in [5, 5.41) is 2.98. The van der Waals surface area contributed by atoms with Gasteiger partial charge in [0.05, 0.1) is 6.04 Å². The summed E-state index contributed by atoms with van der Waals surface area (Å²) in [5.74, 6) is 0.855. The lowest BCUT2D eigenvalue weighted by molar-refractivity contribution is -0.122. The Labute approximate surface area is 121 Å². The maximum atomic E-state index is 12.4. The van der Waals surface area contributed by atoms with Crippen molar-refractivity contribution in [1.82, 2.24) is 4.90 Å². The summed E-state index contributed by atoms with van der Waals surface area (Å²) in [7, 11) is 0. The Hall–Kier alpha value is -1.55. The molecule has 0 aliphatic carbocycles. The summed E-state index contributed by atoms with van der Waals surface area (Å²) >= 11 is 0. The number of hydrogen-bond donors (Lipinski definition) is 2. The molecule has 2 rings (SSSR count). The van der Waals surface area contributed by atoms with Gasteiger partial charge in [0.15, 0.2) is 0 Å². The number of piperidine rings is 1. The Morgan fingerprint density at radius 3 is 2.75 bits per heavy atom. The zero-order valence-corrected chi connectivity index (χ0v) is 12.4. The number of hydrogen-bond acceptors (Lipinski definition) is 3. The van der Waals surface area contributed by atoms with E-state index in [1.165, 1.54) is 12.8 Å². The number of anilines is 2. The summed E-state index contributed by atoms with van der Waals surface area (Å²) in [6.07, 6.45) is 3.20. The van der Waals surface area contributed by atoms with Gasteiger partial charge in [-0.1, -0.05) is 19.9 Å². The minimum atomic E-state index is -0.0380. The first-order valence-corrected chi connectivity index (χ1v) is 7.50. The lowest BCUT2D eigenvalue weighted by atomic mass is 9.97. The van der Waals surface area contributed by atoms with Crippen LogP contribution in [0.4, 0.5) is 11.4 Å². The highest BCUT2D eigenvalue weighted by atomic mass is 16.2. The van der Waals surface area contributed by atoms with E-state index >= 15 is 0 Å². The Bertz CT molecular complexity index is 453. The second-order valence-electron chi connectivity index (χ2n) is 5.76. The molecule has 1 fully saturated rings. The van der Waals surface area contributed by atoms with Gasteiger partial charge in [0.2, 0.25) is 5.91 Å². The molecule has 0 radical (unpaired) electrons. The number of benzene rings is 1. The van der Waals surface area contributed by atoms with Crippen molar-refractivity contribution in [3.05, 3.63) is 24.3 Å². The lowest BCUT2D eigenvalue weighted by Gasteiger charge is -2.35. The molecular weight excluding hydrogens is 250 g/mol. The summed E-state index contributed by atoms with van der Waals surface area (Å²) in [6, 6.07) is 7.30. The number of rotatable bonds is 4. The van der Waals surface area contributed by atoms with Crippen LogP contribution >= 0.6 is 0 Å². The topological polar surface area (TPSA) is 58.4 Å². The van der Waals surface area contributed by atoms with E-state index in [0.29, 0.717) is 5.69 Å². The highest BCUT2D eigenvalue weighted by molar-refractivity contribution is 5.95. The fraction of sp³-hybridized carbons (Fsp3) is 0.562. The molecule has 0 bridgehead atoms. The van der Waals surface area contributed by atoms with E-state index in [-0.39, 0.29) is 11.9 Å². The molecule has 110 valence electrons. The Morgan fingerprint density at radius 1 is 1.45 bits per heavy atom. The fourth-order valence-corrected chi connectivity index (χ4v) is 2.79. The lowest BCUT2D eigenvalue weighted by Crippen LogP contribution is -2.47. The van der Waals surface area contributed by atoms with E-state index in [1.54, 1.807) is 6.07 Å². The molecule has 3 N–H and O–H groups in total. The molecule has 1 aromatic rings. The van der Waals surface area contributed by atoms with Gasteiger partial charge in [-0.15, -0.1) is 0 Å². The number of nitrogens with zero attached hydrogens (tertiary/aromatic N) is 1. The van der Waals surface area contributed by atoms with Crippen LogP contribution in [0.25, 0.3) is 0 Å². The van der Waals surface area contributed by atoms with Crippen molar-refractivity contribution in [2.75, 3.05) is 24.1 Å². The number of amides is 1. The van der Waals surface area contributed by atoms with Crippen LogP contribution in [-0.4, -0.2) is 29.9 Å². The van der Waals surface area contributed by atoms with Crippen LogP contribution in [0.3, 0.4) is 0 Å². The van der Waals surface area contributed by atoms with E-state index in [4.69, 9.17) is 5.73 Å². The molecule has 0 aromatic heterocycles. The summed E-state index contributed by atoms with van der Waals surface area (Å²) in [5.41, 5.74) is 7.19. The summed E-state index contributed by atoms with van der Waals surface area (Å²) in [6.45, 7) is 6.39. The largest absolute Gasteiger partial charge is 0.399 e. The number of carbonyl (C=O) groups excluding carboxylic acids is 1. The van der Waals surface area contributed by atoms with E-state index in [1.807, 2.05) is 18.2 Å². The molecule has 20 heavy (non-hydrogen) atoms. The van der Waals surface area contributed by atoms with Crippen LogP contribution in [0.15, 0.2) is 24.3 Å². The van der Waals surface area contributed by atoms with Gasteiger partial charge in [-0.05, 0) is 56.5 Å². The quantitative estimate of drug-likeness (QED) is 0.831. The highest BCUT2D eigenvalue weighted by Crippen LogP contribution is 2.20. The molecule has 1 amide bonds. The van der Waals surface area contributed by atoms with Crippen LogP contribution in [0, 0.1) is 5.92 Å². The molecule has 1 atom stereocenters. The van der Waals surface area contributed by atoms with Gasteiger partial charge < -0.3 is 11.1 Å². The van der Waals surface area contributed by atoms with Gasteiger partial charge in [0.25, 0.3) is 0 Å². The average molecular weight is 275 g/mol. The second kappa shape index (κ2) is 6.75. The Balaban J connectivity index is 1.98. The van der Waals surface area contributed by atoms with Crippen LogP contribution in [0.2, 0.25) is 0 Å². The standard InChI is InChI=1S/C16H25N3O/c1-3-15(19-9-7-12(2)8-10-19)16(20)18-14-6-4-5-13(17)11-14/h4-6,11-12,15H,3,7-10,17H2,1-2H3,(H,18,20). The first-order chi connectivity index (χ1) is 9.60. The van der Waals surface area contributed by atoms with Crippen molar-refractivity contribution in [3.8, 4) is 0 Å². The number of carbonyl (C=O) groups is 1. The van der Waals surface area contributed by atoms with Gasteiger partial charge in [0.1, 0.15) is 0 Å². The third-order valence-corrected chi connectivity index (χ3v) is 4.10. The molecule has 4 heteroatoms. The van der Waals surface area contributed by atoms with Crippen LogP contribution in [0.1, 0.15) is 33.1 Å². The minimum Gasteiger partial charge on any atom is -0.399 e. The molecule has 0 saturated carbocycles. The number of nitrogen functional groups attached to an aromatic ring is 1. The first-order valence-electron chi connectivity index (χ1n) is 7.50. The zero-order chi connectivity index (χ0) is 14.5. The molecule has 1 aliphatic heterocycles. The van der Waals surface area contributed by atoms with Crippen LogP contribution in [-0.2, 0) is 4.79 Å². The molecule has 1 aliphatic rings. The molecule has 1 unspecified atom stereocenters. The second-order valence-corrected chi connectivity index (χ2v) is 5.76. The third-order valence-electron chi connectivity index (χ3n) is 4.10. The highest BCUT2D eigenvalue weighted by Gasteiger charge is 2.27. The predicted molar refractivity (Wildman–Crippen MR) is 83.5 cm³/mol. The van der Waals surface area contributed by atoms with Crippen LogP contribution in [0.5, 0.6) is 0 Å². The molecule has 4 nitrogen and oxygen atoms in total. The minimum absolute atomic E-state index is 0.0380. The SMILES string of the molecule is CCC(C(=O)Nc1cccc(N)c1)N1CCC(C)CC1. The van der Waals surface area contributed by atoms with Crippen molar-refractivity contribution in [3.63, 3.8) is 0 Å². The average Bonchev–Trinajstić information content (AvgIpc) is 2.42.